The van der Waals surface area contributed by atoms with Crippen molar-refractivity contribution in [2.75, 3.05) is 33.3 Å². The average molecular weight is 353 g/mol. The van der Waals surface area contributed by atoms with Crippen molar-refractivity contribution in [2.45, 2.75) is 26.3 Å². The lowest BCUT2D eigenvalue weighted by Gasteiger charge is -2.32. The van der Waals surface area contributed by atoms with Gasteiger partial charge in [0, 0.05) is 24.7 Å². The van der Waals surface area contributed by atoms with E-state index in [2.05, 4.69) is 0 Å². The van der Waals surface area contributed by atoms with Gasteiger partial charge < -0.3 is 9.64 Å². The lowest BCUT2D eigenvalue weighted by molar-refractivity contribution is -0.151. The summed E-state index contributed by atoms with van der Waals surface area (Å²) in [7, 11) is 1.93. The molecule has 1 aliphatic rings. The van der Waals surface area contributed by atoms with E-state index in [4.69, 9.17) is 16.3 Å². The number of likely N-dealkylation sites (tertiary alicyclic amines) is 1. The third-order valence-electron chi connectivity index (χ3n) is 4.24. The van der Waals surface area contributed by atoms with Crippen molar-refractivity contribution in [2.24, 2.45) is 5.92 Å². The molecule has 1 aromatic rings. The fourth-order valence-corrected chi connectivity index (χ4v) is 3.04. The van der Waals surface area contributed by atoms with Crippen LogP contribution in [-0.4, -0.2) is 55.0 Å². The van der Waals surface area contributed by atoms with Crippen LogP contribution in [-0.2, 0) is 20.9 Å². The summed E-state index contributed by atoms with van der Waals surface area (Å²) >= 11 is 5.88. The Morgan fingerprint density at radius 1 is 1.25 bits per heavy atom. The maximum Gasteiger partial charge on any atom is 0.309 e. The molecule has 6 heteroatoms. The van der Waals surface area contributed by atoms with Gasteiger partial charge in [-0.2, -0.15) is 0 Å². The van der Waals surface area contributed by atoms with Gasteiger partial charge in [-0.15, -0.1) is 0 Å². The Kier molecular flexibility index (Phi) is 7.06. The van der Waals surface area contributed by atoms with Crippen LogP contribution < -0.4 is 0 Å². The highest BCUT2D eigenvalue weighted by Gasteiger charge is 2.28. The van der Waals surface area contributed by atoms with Crippen LogP contribution in [0.25, 0.3) is 0 Å². The Labute approximate surface area is 148 Å². The molecule has 24 heavy (non-hydrogen) atoms. The van der Waals surface area contributed by atoms with Gasteiger partial charge in [0.2, 0.25) is 5.91 Å². The van der Waals surface area contributed by atoms with Gasteiger partial charge in [0.1, 0.15) is 0 Å². The second kappa shape index (κ2) is 9.04. The monoisotopic (exact) mass is 352 g/mol. The molecule has 1 heterocycles. The highest BCUT2D eigenvalue weighted by atomic mass is 35.5. The van der Waals surface area contributed by atoms with E-state index in [1.54, 1.807) is 0 Å². The quantitative estimate of drug-likeness (QED) is 0.738. The van der Waals surface area contributed by atoms with Gasteiger partial charge in [-0.25, -0.2) is 0 Å². The minimum absolute atomic E-state index is 0.0687. The first-order chi connectivity index (χ1) is 11.5. The molecule has 0 bridgehead atoms. The number of likely N-dealkylation sites (N-methyl/N-ethyl adjacent to an activating group) is 1. The van der Waals surface area contributed by atoms with Crippen LogP contribution in [0.15, 0.2) is 24.3 Å². The minimum Gasteiger partial charge on any atom is -0.466 e. The first-order valence-corrected chi connectivity index (χ1v) is 8.74. The smallest absolute Gasteiger partial charge is 0.309 e. The molecule has 0 radical (unpaired) electrons. The molecule has 0 aromatic heterocycles. The van der Waals surface area contributed by atoms with Gasteiger partial charge in [0.05, 0.1) is 19.1 Å². The summed E-state index contributed by atoms with van der Waals surface area (Å²) in [5.41, 5.74) is 1.12. The molecular weight excluding hydrogens is 328 g/mol. The molecule has 1 saturated heterocycles. The van der Waals surface area contributed by atoms with Gasteiger partial charge in [0.25, 0.3) is 0 Å². The van der Waals surface area contributed by atoms with E-state index in [-0.39, 0.29) is 17.8 Å². The van der Waals surface area contributed by atoms with Gasteiger partial charge in [-0.05, 0) is 44.5 Å². The zero-order valence-electron chi connectivity index (χ0n) is 14.3. The Hall–Kier alpha value is -1.59. The number of nitrogens with zero attached hydrogens (tertiary/aromatic N) is 2. The van der Waals surface area contributed by atoms with Gasteiger partial charge in [0.15, 0.2) is 0 Å². The van der Waals surface area contributed by atoms with E-state index < -0.39 is 0 Å². The maximum absolute atomic E-state index is 12.4. The summed E-state index contributed by atoms with van der Waals surface area (Å²) in [6.07, 6.45) is 1.37. The zero-order valence-corrected chi connectivity index (χ0v) is 15.1. The second-order valence-electron chi connectivity index (χ2n) is 6.21. The largest absolute Gasteiger partial charge is 0.466 e. The van der Waals surface area contributed by atoms with Crippen molar-refractivity contribution < 1.29 is 14.3 Å². The Bertz CT molecular complexity index is 554. The van der Waals surface area contributed by atoms with Crippen molar-refractivity contribution in [1.29, 1.82) is 0 Å². The van der Waals surface area contributed by atoms with Gasteiger partial charge in [-0.3, -0.25) is 14.5 Å². The summed E-state index contributed by atoms with van der Waals surface area (Å²) in [5, 5.41) is 0.710. The standard InChI is InChI=1S/C18H25ClN2O3/c1-3-24-18(23)15-8-10-21(11-9-15)17(22)13-20(2)12-14-4-6-16(19)7-5-14/h4-7,15H,3,8-13H2,1-2H3. The number of halogens is 1. The Balaban J connectivity index is 1.76. The van der Waals surface area contributed by atoms with Crippen LogP contribution >= 0.6 is 11.6 Å². The van der Waals surface area contributed by atoms with Gasteiger partial charge >= 0.3 is 5.97 Å². The predicted molar refractivity (Wildman–Crippen MR) is 93.7 cm³/mol. The summed E-state index contributed by atoms with van der Waals surface area (Å²) in [6, 6.07) is 7.64. The summed E-state index contributed by atoms with van der Waals surface area (Å²) in [4.78, 5) is 28.0. The van der Waals surface area contributed by atoms with Crippen molar-refractivity contribution in [1.82, 2.24) is 9.80 Å². The van der Waals surface area contributed by atoms with Crippen molar-refractivity contribution in [3.8, 4) is 0 Å². The van der Waals surface area contributed by atoms with Crippen molar-refractivity contribution >= 4 is 23.5 Å². The number of ether oxygens (including phenoxy) is 1. The van der Waals surface area contributed by atoms with Crippen LogP contribution in [0.1, 0.15) is 25.3 Å². The van der Waals surface area contributed by atoms with Crippen LogP contribution in [0, 0.1) is 5.92 Å². The first kappa shape index (κ1) is 18.7. The van der Waals surface area contributed by atoms with Gasteiger partial charge in [-0.1, -0.05) is 23.7 Å². The van der Waals surface area contributed by atoms with E-state index in [1.807, 2.05) is 48.0 Å². The fourth-order valence-electron chi connectivity index (χ4n) is 2.91. The Morgan fingerprint density at radius 3 is 2.46 bits per heavy atom. The topological polar surface area (TPSA) is 49.9 Å². The SMILES string of the molecule is CCOC(=O)C1CCN(C(=O)CN(C)Cc2ccc(Cl)cc2)CC1. The molecule has 1 aromatic carbocycles. The molecule has 5 nitrogen and oxygen atoms in total. The third kappa shape index (κ3) is 5.49. The van der Waals surface area contributed by atoms with Crippen molar-refractivity contribution in [3.63, 3.8) is 0 Å². The molecule has 0 unspecified atom stereocenters. The summed E-state index contributed by atoms with van der Waals surface area (Å²) < 4.78 is 5.06. The van der Waals surface area contributed by atoms with Crippen LogP contribution in [0.4, 0.5) is 0 Å². The molecule has 0 aliphatic carbocycles. The number of carbonyl (C=O) groups is 2. The molecule has 1 aliphatic heterocycles. The van der Waals surface area contributed by atoms with E-state index in [9.17, 15) is 9.59 Å². The van der Waals surface area contributed by atoms with E-state index in [0.29, 0.717) is 50.7 Å². The predicted octanol–water partition coefficient (Wildman–Crippen LogP) is 2.57. The summed E-state index contributed by atoms with van der Waals surface area (Å²) in [6.45, 7) is 4.53. The molecule has 2 rings (SSSR count). The lowest BCUT2D eigenvalue weighted by atomic mass is 9.97. The number of piperidine rings is 1. The van der Waals surface area contributed by atoms with E-state index in [0.717, 1.165) is 5.56 Å². The molecule has 1 amide bonds. The van der Waals surface area contributed by atoms with E-state index >= 15 is 0 Å². The first-order valence-electron chi connectivity index (χ1n) is 8.37. The molecule has 0 spiro atoms. The molecule has 0 N–H and O–H groups in total. The Morgan fingerprint density at radius 2 is 1.88 bits per heavy atom. The van der Waals surface area contributed by atoms with Crippen LogP contribution in [0.3, 0.4) is 0 Å². The number of rotatable bonds is 6. The normalized spacial score (nSPS) is 15.6. The number of hydrogen-bond donors (Lipinski definition) is 0. The highest BCUT2D eigenvalue weighted by molar-refractivity contribution is 6.30. The van der Waals surface area contributed by atoms with Crippen molar-refractivity contribution in [3.05, 3.63) is 34.9 Å². The molecular formula is C18H25ClN2O3. The molecule has 1 fully saturated rings. The number of benzene rings is 1. The van der Waals surface area contributed by atoms with E-state index in [1.165, 1.54) is 0 Å². The van der Waals surface area contributed by atoms with Crippen LogP contribution in [0.5, 0.6) is 0 Å². The maximum atomic E-state index is 12.4. The minimum atomic E-state index is -0.135. The number of esters is 1. The highest BCUT2D eigenvalue weighted by Crippen LogP contribution is 2.19. The summed E-state index contributed by atoms with van der Waals surface area (Å²) in [5.74, 6) is -0.0981. The number of carbonyl (C=O) groups excluding carboxylic acids is 2. The zero-order chi connectivity index (χ0) is 17.5. The average Bonchev–Trinajstić information content (AvgIpc) is 2.57. The second-order valence-corrected chi connectivity index (χ2v) is 6.64. The fraction of sp³-hybridized carbons (Fsp3) is 0.556. The third-order valence-corrected chi connectivity index (χ3v) is 4.49. The molecule has 0 saturated carbocycles. The molecule has 0 atom stereocenters. The lowest BCUT2D eigenvalue weighted by Crippen LogP contribution is -2.44. The van der Waals surface area contributed by atoms with Crippen LogP contribution in [0.2, 0.25) is 5.02 Å². The molecule has 132 valence electrons. The number of hydrogen-bond acceptors (Lipinski definition) is 4. The number of amides is 1.